The normalized spacial score (nSPS) is 20.0. The molecule has 80 valence electrons. The molecule has 0 aliphatic carbocycles. The Morgan fingerprint density at radius 3 is 2.57 bits per heavy atom. The van der Waals surface area contributed by atoms with Crippen molar-refractivity contribution in [2.45, 2.75) is 6.04 Å². The van der Waals surface area contributed by atoms with Crippen molar-refractivity contribution in [1.29, 1.82) is 0 Å². The molecule has 1 atom stereocenters. The van der Waals surface area contributed by atoms with Crippen molar-refractivity contribution in [3.8, 4) is 0 Å². The number of morpholine rings is 1. The van der Waals surface area contributed by atoms with E-state index in [4.69, 9.17) is 15.2 Å². The standard InChI is InChI=1S/C8H14N2O4/c1-13-3-6(9)2-10-7(11)4-14-5-8(10)12/h6H,2-5,9H2,1H3. The fraction of sp³-hybridized carbons (Fsp3) is 0.750. The van der Waals surface area contributed by atoms with Gasteiger partial charge in [-0.3, -0.25) is 14.5 Å². The van der Waals surface area contributed by atoms with Crippen LogP contribution in [-0.4, -0.2) is 56.2 Å². The lowest BCUT2D eigenvalue weighted by Crippen LogP contribution is -2.51. The van der Waals surface area contributed by atoms with Gasteiger partial charge in [-0.2, -0.15) is 0 Å². The molecule has 0 aromatic rings. The largest absolute Gasteiger partial charge is 0.383 e. The Balaban J connectivity index is 2.47. The van der Waals surface area contributed by atoms with Crippen LogP contribution in [0.25, 0.3) is 0 Å². The van der Waals surface area contributed by atoms with Crippen LogP contribution >= 0.6 is 0 Å². The lowest BCUT2D eigenvalue weighted by Gasteiger charge is -2.27. The molecular weight excluding hydrogens is 188 g/mol. The van der Waals surface area contributed by atoms with Crippen molar-refractivity contribution in [2.24, 2.45) is 5.73 Å². The fourth-order valence-corrected chi connectivity index (χ4v) is 1.23. The SMILES string of the molecule is COCC(N)CN1C(=O)COCC1=O. The predicted molar refractivity (Wildman–Crippen MR) is 47.4 cm³/mol. The molecule has 1 fully saturated rings. The molecule has 2 amide bonds. The van der Waals surface area contributed by atoms with Gasteiger partial charge in [-0.05, 0) is 0 Å². The van der Waals surface area contributed by atoms with E-state index in [1.807, 2.05) is 0 Å². The lowest BCUT2D eigenvalue weighted by molar-refractivity contribution is -0.158. The minimum atomic E-state index is -0.342. The highest BCUT2D eigenvalue weighted by Gasteiger charge is 2.27. The highest BCUT2D eigenvalue weighted by atomic mass is 16.5. The van der Waals surface area contributed by atoms with Gasteiger partial charge in [0.2, 0.25) is 0 Å². The van der Waals surface area contributed by atoms with Crippen molar-refractivity contribution in [3.05, 3.63) is 0 Å². The number of carbonyl (C=O) groups is 2. The van der Waals surface area contributed by atoms with Gasteiger partial charge in [0.05, 0.1) is 6.61 Å². The van der Waals surface area contributed by atoms with Gasteiger partial charge in [0.25, 0.3) is 11.8 Å². The zero-order chi connectivity index (χ0) is 10.6. The van der Waals surface area contributed by atoms with Crippen LogP contribution < -0.4 is 5.73 Å². The van der Waals surface area contributed by atoms with Crippen molar-refractivity contribution in [2.75, 3.05) is 33.5 Å². The van der Waals surface area contributed by atoms with Crippen molar-refractivity contribution in [1.82, 2.24) is 4.90 Å². The van der Waals surface area contributed by atoms with E-state index in [1.54, 1.807) is 0 Å². The highest BCUT2D eigenvalue weighted by Crippen LogP contribution is 2.01. The van der Waals surface area contributed by atoms with E-state index in [1.165, 1.54) is 7.11 Å². The van der Waals surface area contributed by atoms with Crippen LogP contribution in [-0.2, 0) is 19.1 Å². The summed E-state index contributed by atoms with van der Waals surface area (Å²) in [6, 6.07) is -0.342. The van der Waals surface area contributed by atoms with Gasteiger partial charge in [-0.15, -0.1) is 0 Å². The van der Waals surface area contributed by atoms with Gasteiger partial charge < -0.3 is 15.2 Å². The third-order valence-electron chi connectivity index (χ3n) is 1.85. The summed E-state index contributed by atoms with van der Waals surface area (Å²) in [6.45, 7) is 0.406. The number of imide groups is 1. The maximum Gasteiger partial charge on any atom is 0.255 e. The minimum Gasteiger partial charge on any atom is -0.383 e. The first-order chi connectivity index (χ1) is 6.65. The first kappa shape index (κ1) is 11.1. The third kappa shape index (κ3) is 2.76. The second-order valence-electron chi connectivity index (χ2n) is 3.11. The van der Waals surface area contributed by atoms with Crippen molar-refractivity contribution in [3.63, 3.8) is 0 Å². The monoisotopic (exact) mass is 202 g/mol. The average molecular weight is 202 g/mol. The number of nitrogens with zero attached hydrogens (tertiary/aromatic N) is 1. The molecule has 1 saturated heterocycles. The molecule has 1 unspecified atom stereocenters. The summed E-state index contributed by atoms with van der Waals surface area (Å²) in [6.07, 6.45) is 0. The molecular formula is C8H14N2O4. The van der Waals surface area contributed by atoms with Gasteiger partial charge in [0, 0.05) is 19.7 Å². The molecule has 6 nitrogen and oxygen atoms in total. The Kier molecular flexibility index (Phi) is 3.99. The molecule has 1 aliphatic heterocycles. The summed E-state index contributed by atoms with van der Waals surface area (Å²) in [5.41, 5.74) is 5.63. The Morgan fingerprint density at radius 2 is 2.07 bits per heavy atom. The van der Waals surface area contributed by atoms with E-state index >= 15 is 0 Å². The molecule has 1 aliphatic rings. The van der Waals surface area contributed by atoms with Gasteiger partial charge in [-0.25, -0.2) is 0 Å². The van der Waals surface area contributed by atoms with Gasteiger partial charge in [-0.1, -0.05) is 0 Å². The van der Waals surface area contributed by atoms with Crippen LogP contribution in [0.5, 0.6) is 0 Å². The first-order valence-electron chi connectivity index (χ1n) is 4.30. The Bertz CT molecular complexity index is 215. The molecule has 6 heteroatoms. The van der Waals surface area contributed by atoms with Gasteiger partial charge in [0.15, 0.2) is 0 Å². The zero-order valence-corrected chi connectivity index (χ0v) is 8.06. The molecule has 14 heavy (non-hydrogen) atoms. The highest BCUT2D eigenvalue weighted by molar-refractivity contribution is 5.98. The maximum absolute atomic E-state index is 11.2. The summed E-state index contributed by atoms with van der Waals surface area (Å²) in [7, 11) is 1.52. The van der Waals surface area contributed by atoms with E-state index in [2.05, 4.69) is 0 Å². The minimum absolute atomic E-state index is 0.0502. The molecule has 0 aromatic carbocycles. The number of methoxy groups -OCH3 is 1. The quantitative estimate of drug-likeness (QED) is 0.552. The molecule has 0 aromatic heterocycles. The Labute approximate surface area is 81.9 Å². The third-order valence-corrected chi connectivity index (χ3v) is 1.85. The van der Waals surface area contributed by atoms with E-state index < -0.39 is 0 Å². The second kappa shape index (κ2) is 5.04. The van der Waals surface area contributed by atoms with Crippen LogP contribution in [0, 0.1) is 0 Å². The van der Waals surface area contributed by atoms with Crippen LogP contribution in [0.3, 0.4) is 0 Å². The summed E-state index contributed by atoms with van der Waals surface area (Å²) in [4.78, 5) is 23.6. The van der Waals surface area contributed by atoms with Crippen LogP contribution in [0.2, 0.25) is 0 Å². The lowest BCUT2D eigenvalue weighted by atomic mass is 10.3. The molecule has 0 radical (unpaired) electrons. The number of rotatable bonds is 4. The average Bonchev–Trinajstić information content (AvgIpc) is 2.12. The van der Waals surface area contributed by atoms with E-state index in [-0.39, 0.29) is 37.6 Å². The summed E-state index contributed by atoms with van der Waals surface area (Å²) in [5, 5.41) is 0. The van der Waals surface area contributed by atoms with Gasteiger partial charge >= 0.3 is 0 Å². The van der Waals surface area contributed by atoms with Crippen molar-refractivity contribution < 1.29 is 19.1 Å². The molecule has 0 saturated carbocycles. The maximum atomic E-state index is 11.2. The second-order valence-corrected chi connectivity index (χ2v) is 3.11. The number of hydrogen-bond donors (Lipinski definition) is 1. The molecule has 1 heterocycles. The molecule has 1 rings (SSSR count). The number of amides is 2. The zero-order valence-electron chi connectivity index (χ0n) is 8.06. The van der Waals surface area contributed by atoms with E-state index in [9.17, 15) is 9.59 Å². The summed E-state index contributed by atoms with van der Waals surface area (Å²) >= 11 is 0. The Hall–Kier alpha value is -0.980. The molecule has 0 bridgehead atoms. The van der Waals surface area contributed by atoms with E-state index in [0.717, 1.165) is 4.90 Å². The number of carbonyl (C=O) groups excluding carboxylic acids is 2. The van der Waals surface area contributed by atoms with Gasteiger partial charge in [0.1, 0.15) is 13.2 Å². The first-order valence-corrected chi connectivity index (χ1v) is 4.30. The summed E-state index contributed by atoms with van der Waals surface area (Å²) in [5.74, 6) is -0.680. The predicted octanol–water partition coefficient (Wildman–Crippen LogP) is -1.65. The summed E-state index contributed by atoms with van der Waals surface area (Å²) < 4.78 is 9.56. The van der Waals surface area contributed by atoms with Crippen LogP contribution in [0.15, 0.2) is 0 Å². The molecule has 0 spiro atoms. The van der Waals surface area contributed by atoms with Crippen molar-refractivity contribution >= 4 is 11.8 Å². The topological polar surface area (TPSA) is 81.9 Å². The smallest absolute Gasteiger partial charge is 0.255 e. The number of nitrogens with two attached hydrogens (primary N) is 1. The van der Waals surface area contributed by atoms with E-state index in [0.29, 0.717) is 6.61 Å². The fourth-order valence-electron chi connectivity index (χ4n) is 1.23. The van der Waals surface area contributed by atoms with Crippen LogP contribution in [0.4, 0.5) is 0 Å². The Morgan fingerprint density at radius 1 is 1.50 bits per heavy atom. The van der Waals surface area contributed by atoms with Crippen LogP contribution in [0.1, 0.15) is 0 Å². The number of hydrogen-bond acceptors (Lipinski definition) is 5. The molecule has 2 N–H and O–H groups in total. The number of ether oxygens (including phenoxy) is 2.